The number of alkyl halides is 3. The van der Waals surface area contributed by atoms with Crippen molar-refractivity contribution in [1.82, 2.24) is 0 Å². The number of halogens is 3. The molecule has 1 nitrogen and oxygen atoms in total. The molecule has 76 valence electrons. The predicted octanol–water partition coefficient (Wildman–Crippen LogP) is 1.61. The quantitative estimate of drug-likeness (QED) is 0.722. The van der Waals surface area contributed by atoms with Gasteiger partial charge in [0.05, 0.1) is 6.42 Å². The van der Waals surface area contributed by atoms with Crippen molar-refractivity contribution in [3.8, 4) is 0 Å². The summed E-state index contributed by atoms with van der Waals surface area (Å²) in [6.45, 7) is 0.925. The van der Waals surface area contributed by atoms with Crippen LogP contribution in [0.1, 0.15) is 5.56 Å². The van der Waals surface area contributed by atoms with Gasteiger partial charge in [-0.2, -0.15) is 13.2 Å². The maximum Gasteiger partial charge on any atom is 0.393 e. The normalized spacial score (nSPS) is 11.5. The van der Waals surface area contributed by atoms with Crippen molar-refractivity contribution in [1.29, 1.82) is 0 Å². The molecule has 1 N–H and O–H groups in total. The zero-order chi connectivity index (χ0) is 10.8. The van der Waals surface area contributed by atoms with Crippen LogP contribution in [0.5, 0.6) is 0 Å². The first-order valence-corrected chi connectivity index (χ1v) is 4.22. The molecule has 0 bridgehead atoms. The molecule has 14 heavy (non-hydrogen) atoms. The zero-order valence-corrected chi connectivity index (χ0v) is 7.67. The van der Waals surface area contributed by atoms with Crippen LogP contribution in [0.3, 0.4) is 0 Å². The lowest BCUT2D eigenvalue weighted by Crippen LogP contribution is -2.26. The fourth-order valence-corrected chi connectivity index (χ4v) is 1.15. The molecule has 0 aliphatic rings. The highest BCUT2D eigenvalue weighted by atomic mass is 19.4. The van der Waals surface area contributed by atoms with E-state index >= 15 is 0 Å². The standard InChI is InChI=1S/C9H10BF3O/c1-10(14)8-4-2-7(3-5-8)6-9(11,12)13/h2-5,14H,6H2,1H3. The number of hydrogen-bond donors (Lipinski definition) is 1. The topological polar surface area (TPSA) is 20.2 Å². The molecule has 0 fully saturated rings. The van der Waals surface area contributed by atoms with Gasteiger partial charge in [-0.15, -0.1) is 0 Å². The van der Waals surface area contributed by atoms with Crippen LogP contribution in [-0.2, 0) is 6.42 Å². The minimum atomic E-state index is -4.17. The third-order valence-electron chi connectivity index (χ3n) is 1.87. The van der Waals surface area contributed by atoms with E-state index < -0.39 is 19.5 Å². The number of benzene rings is 1. The maximum absolute atomic E-state index is 12.0. The first kappa shape index (κ1) is 11.1. The lowest BCUT2D eigenvalue weighted by molar-refractivity contribution is -0.127. The van der Waals surface area contributed by atoms with E-state index in [1.165, 1.54) is 24.3 Å². The van der Waals surface area contributed by atoms with Gasteiger partial charge in [0, 0.05) is 0 Å². The first-order chi connectivity index (χ1) is 6.38. The molecule has 0 unspecified atom stereocenters. The highest BCUT2D eigenvalue weighted by Crippen LogP contribution is 2.20. The summed E-state index contributed by atoms with van der Waals surface area (Å²) in [5.41, 5.74) is 0.831. The summed E-state index contributed by atoms with van der Waals surface area (Å²) < 4.78 is 35.9. The molecule has 1 aromatic rings. The molecule has 1 aromatic carbocycles. The summed E-state index contributed by atoms with van der Waals surface area (Å²) >= 11 is 0. The van der Waals surface area contributed by atoms with Crippen molar-refractivity contribution in [3.05, 3.63) is 29.8 Å². The molecule has 0 spiro atoms. The molecule has 1 rings (SSSR count). The average Bonchev–Trinajstić information content (AvgIpc) is 2.02. The molecular formula is C9H10BF3O. The summed E-state index contributed by atoms with van der Waals surface area (Å²) in [4.78, 5) is 0. The smallest absolute Gasteiger partial charge is 0.393 e. The first-order valence-electron chi connectivity index (χ1n) is 4.22. The molecule has 0 atom stereocenters. The van der Waals surface area contributed by atoms with Gasteiger partial charge in [-0.1, -0.05) is 31.1 Å². The Hall–Kier alpha value is -0.965. The zero-order valence-electron chi connectivity index (χ0n) is 7.67. The lowest BCUT2D eigenvalue weighted by Gasteiger charge is -2.07. The fraction of sp³-hybridized carbons (Fsp3) is 0.333. The molecule has 0 radical (unpaired) electrons. The van der Waals surface area contributed by atoms with Crippen molar-refractivity contribution >= 4 is 12.4 Å². The molecule has 0 aliphatic carbocycles. The summed E-state index contributed by atoms with van der Waals surface area (Å²) in [5.74, 6) is 0. The number of hydrogen-bond acceptors (Lipinski definition) is 1. The second kappa shape index (κ2) is 4.04. The second-order valence-electron chi connectivity index (χ2n) is 3.21. The van der Waals surface area contributed by atoms with Gasteiger partial charge in [0.15, 0.2) is 0 Å². The molecule has 0 amide bonds. The fourth-order valence-electron chi connectivity index (χ4n) is 1.15. The van der Waals surface area contributed by atoms with Crippen LogP contribution < -0.4 is 5.46 Å². The molecule has 0 aromatic heterocycles. The van der Waals surface area contributed by atoms with Crippen LogP contribution in [0.4, 0.5) is 13.2 Å². The second-order valence-corrected chi connectivity index (χ2v) is 3.21. The van der Waals surface area contributed by atoms with Crippen molar-refractivity contribution in [2.45, 2.75) is 19.4 Å². The monoisotopic (exact) mass is 202 g/mol. The van der Waals surface area contributed by atoms with Crippen molar-refractivity contribution in [2.24, 2.45) is 0 Å². The van der Waals surface area contributed by atoms with E-state index in [9.17, 15) is 13.2 Å². The Morgan fingerprint density at radius 1 is 1.21 bits per heavy atom. The third kappa shape index (κ3) is 3.42. The van der Waals surface area contributed by atoms with Gasteiger partial charge in [0.1, 0.15) is 0 Å². The molecule has 0 aliphatic heterocycles. The van der Waals surface area contributed by atoms with Crippen molar-refractivity contribution in [3.63, 3.8) is 0 Å². The highest BCUT2D eigenvalue weighted by Gasteiger charge is 2.27. The van der Waals surface area contributed by atoms with Gasteiger partial charge in [-0.25, -0.2) is 0 Å². The Morgan fingerprint density at radius 2 is 1.71 bits per heavy atom. The summed E-state index contributed by atoms with van der Waals surface area (Å²) in [7, 11) is 0. The Labute approximate surface area is 80.7 Å². The van der Waals surface area contributed by atoms with Gasteiger partial charge in [0.25, 0.3) is 0 Å². The van der Waals surface area contributed by atoms with Crippen LogP contribution in [-0.4, -0.2) is 18.1 Å². The Bertz CT molecular complexity index is 292. The van der Waals surface area contributed by atoms with E-state index in [0.29, 0.717) is 5.46 Å². The predicted molar refractivity (Wildman–Crippen MR) is 49.7 cm³/mol. The van der Waals surface area contributed by atoms with Crippen LogP contribution in [0.2, 0.25) is 6.82 Å². The Morgan fingerprint density at radius 3 is 2.07 bits per heavy atom. The van der Waals surface area contributed by atoms with E-state index in [1.807, 2.05) is 0 Å². The molecule has 0 saturated carbocycles. The molecule has 0 heterocycles. The van der Waals surface area contributed by atoms with Gasteiger partial charge < -0.3 is 5.02 Å². The average molecular weight is 202 g/mol. The Kier molecular flexibility index (Phi) is 3.21. The Balaban J connectivity index is 2.74. The summed E-state index contributed by atoms with van der Waals surface area (Å²) in [5, 5.41) is 9.12. The van der Waals surface area contributed by atoms with Crippen LogP contribution >= 0.6 is 0 Å². The van der Waals surface area contributed by atoms with E-state index in [2.05, 4.69) is 0 Å². The van der Waals surface area contributed by atoms with Gasteiger partial charge in [-0.05, 0) is 11.0 Å². The van der Waals surface area contributed by atoms with Gasteiger partial charge in [-0.3, -0.25) is 0 Å². The van der Waals surface area contributed by atoms with Gasteiger partial charge >= 0.3 is 13.1 Å². The van der Waals surface area contributed by atoms with E-state index in [0.717, 1.165) is 0 Å². The van der Waals surface area contributed by atoms with Crippen molar-refractivity contribution < 1.29 is 18.2 Å². The molecule has 0 saturated heterocycles. The van der Waals surface area contributed by atoms with Crippen LogP contribution in [0.25, 0.3) is 0 Å². The minimum Gasteiger partial charge on any atom is -0.447 e. The van der Waals surface area contributed by atoms with E-state index in [4.69, 9.17) is 5.02 Å². The van der Waals surface area contributed by atoms with Crippen LogP contribution in [0.15, 0.2) is 24.3 Å². The lowest BCUT2D eigenvalue weighted by atomic mass is 9.64. The number of rotatable bonds is 2. The van der Waals surface area contributed by atoms with E-state index in [1.54, 1.807) is 6.82 Å². The van der Waals surface area contributed by atoms with Gasteiger partial charge in [0.2, 0.25) is 0 Å². The third-order valence-corrected chi connectivity index (χ3v) is 1.87. The molecular weight excluding hydrogens is 192 g/mol. The summed E-state index contributed by atoms with van der Waals surface area (Å²) in [6.07, 6.45) is -5.10. The SMILES string of the molecule is CB(O)c1ccc(CC(F)(F)F)cc1. The van der Waals surface area contributed by atoms with Crippen LogP contribution in [0, 0.1) is 0 Å². The summed E-state index contributed by atoms with van der Waals surface area (Å²) in [6, 6.07) is 5.78. The molecule has 5 heteroatoms. The highest BCUT2D eigenvalue weighted by molar-refractivity contribution is 6.64. The maximum atomic E-state index is 12.0. The minimum absolute atomic E-state index is 0.210. The van der Waals surface area contributed by atoms with Crippen molar-refractivity contribution in [2.75, 3.05) is 0 Å². The largest absolute Gasteiger partial charge is 0.447 e. The van der Waals surface area contributed by atoms with E-state index in [-0.39, 0.29) is 5.56 Å².